The molecule has 2 aromatic carbocycles. The molecule has 3 rings (SSSR count). The zero-order chi connectivity index (χ0) is 21.0. The Hall–Kier alpha value is -3.75. The summed E-state index contributed by atoms with van der Waals surface area (Å²) in [5.41, 5.74) is 0.796. The van der Waals surface area contributed by atoms with Gasteiger partial charge in [0, 0.05) is 11.6 Å². The van der Waals surface area contributed by atoms with Gasteiger partial charge in [0.1, 0.15) is 11.5 Å². The first-order valence-electron chi connectivity index (χ1n) is 8.71. The summed E-state index contributed by atoms with van der Waals surface area (Å²) < 4.78 is 21.0. The van der Waals surface area contributed by atoms with Gasteiger partial charge in [-0.05, 0) is 37.3 Å². The summed E-state index contributed by atoms with van der Waals surface area (Å²) in [4.78, 5) is 23.1. The molecule has 0 fully saturated rings. The molecule has 1 heterocycles. The number of methoxy groups -OCH3 is 2. The van der Waals surface area contributed by atoms with E-state index in [1.54, 1.807) is 39.3 Å². The van der Waals surface area contributed by atoms with E-state index in [0.717, 1.165) is 5.56 Å². The Morgan fingerprint density at radius 1 is 1.21 bits per heavy atom. The van der Waals surface area contributed by atoms with Crippen molar-refractivity contribution in [1.82, 2.24) is 5.32 Å². The van der Waals surface area contributed by atoms with Crippen molar-refractivity contribution in [3.05, 3.63) is 57.6 Å². The average molecular weight is 400 g/mol. The van der Waals surface area contributed by atoms with Crippen LogP contribution in [0.15, 0.2) is 36.4 Å². The molecule has 9 nitrogen and oxygen atoms in total. The number of hydrogen-bond donors (Lipinski definition) is 1. The molecule has 1 atom stereocenters. The fourth-order valence-corrected chi connectivity index (χ4v) is 2.92. The normalized spacial score (nSPS) is 13.2. The lowest BCUT2D eigenvalue weighted by atomic mass is 10.1. The standard InChI is InChI=1S/C20H20N2O7/c1-12(15-9-14(26-2)5-6-17(15)27-3)21-20(23)7-4-13-8-18-19(29-11-28-18)10-16(13)22(24)25/h4-10,12H,11H2,1-3H3,(H,21,23)/b7-4+/t12-/m1/s1. The van der Waals surface area contributed by atoms with E-state index in [2.05, 4.69) is 5.32 Å². The van der Waals surface area contributed by atoms with Gasteiger partial charge in [-0.15, -0.1) is 0 Å². The number of carbonyl (C=O) groups is 1. The smallest absolute Gasteiger partial charge is 0.280 e. The number of amides is 1. The second kappa shape index (κ2) is 8.51. The van der Waals surface area contributed by atoms with Crippen LogP contribution < -0.4 is 24.3 Å². The van der Waals surface area contributed by atoms with E-state index < -0.39 is 10.8 Å². The predicted molar refractivity (Wildman–Crippen MR) is 104 cm³/mol. The van der Waals surface area contributed by atoms with E-state index in [4.69, 9.17) is 18.9 Å². The lowest BCUT2D eigenvalue weighted by molar-refractivity contribution is -0.385. The number of hydrogen-bond acceptors (Lipinski definition) is 7. The second-order valence-electron chi connectivity index (χ2n) is 6.19. The first-order chi connectivity index (χ1) is 13.9. The van der Waals surface area contributed by atoms with Crippen LogP contribution in [0.4, 0.5) is 5.69 Å². The highest BCUT2D eigenvalue weighted by Gasteiger charge is 2.22. The number of carbonyl (C=O) groups excluding carboxylic acids is 1. The number of ether oxygens (including phenoxy) is 4. The van der Waals surface area contributed by atoms with E-state index in [1.165, 1.54) is 24.3 Å². The first kappa shape index (κ1) is 20.0. The minimum absolute atomic E-state index is 0.0000269. The molecule has 0 aromatic heterocycles. The monoisotopic (exact) mass is 400 g/mol. The maximum absolute atomic E-state index is 12.4. The van der Waals surface area contributed by atoms with Gasteiger partial charge in [-0.3, -0.25) is 14.9 Å². The van der Waals surface area contributed by atoms with Crippen molar-refractivity contribution in [1.29, 1.82) is 0 Å². The molecule has 0 spiro atoms. The van der Waals surface area contributed by atoms with Gasteiger partial charge in [0.25, 0.3) is 5.69 Å². The molecule has 1 aliphatic rings. The quantitative estimate of drug-likeness (QED) is 0.432. The summed E-state index contributed by atoms with van der Waals surface area (Å²) in [6.07, 6.45) is 2.60. The largest absolute Gasteiger partial charge is 0.497 e. The minimum Gasteiger partial charge on any atom is -0.497 e. The summed E-state index contributed by atoms with van der Waals surface area (Å²) in [7, 11) is 3.09. The molecule has 1 N–H and O–H groups in total. The Balaban J connectivity index is 1.78. The number of nitro groups is 1. The van der Waals surface area contributed by atoms with E-state index in [-0.39, 0.29) is 24.1 Å². The highest BCUT2D eigenvalue weighted by molar-refractivity contribution is 5.92. The SMILES string of the molecule is COc1ccc(OC)c([C@@H](C)NC(=O)/C=C/c2cc3c(cc2[N+](=O)[O-])OCO3)c1. The Morgan fingerprint density at radius 2 is 1.93 bits per heavy atom. The summed E-state index contributed by atoms with van der Waals surface area (Å²) in [5.74, 6) is 1.51. The topological polar surface area (TPSA) is 109 Å². The maximum atomic E-state index is 12.4. The molecule has 1 aliphatic heterocycles. The average Bonchev–Trinajstić information content (AvgIpc) is 3.18. The van der Waals surface area contributed by atoms with Crippen LogP contribution in [0, 0.1) is 10.1 Å². The highest BCUT2D eigenvalue weighted by Crippen LogP contribution is 2.38. The molecule has 0 saturated heterocycles. The summed E-state index contributed by atoms with van der Waals surface area (Å²) in [6, 6.07) is 7.65. The van der Waals surface area contributed by atoms with Crippen LogP contribution in [0.2, 0.25) is 0 Å². The van der Waals surface area contributed by atoms with Gasteiger partial charge in [0.15, 0.2) is 11.5 Å². The third-order valence-electron chi connectivity index (χ3n) is 4.39. The van der Waals surface area contributed by atoms with Crippen molar-refractivity contribution in [2.75, 3.05) is 21.0 Å². The lowest BCUT2D eigenvalue weighted by Gasteiger charge is -2.17. The van der Waals surface area contributed by atoms with Crippen LogP contribution in [0.3, 0.4) is 0 Å². The van der Waals surface area contributed by atoms with Crippen molar-refractivity contribution in [3.63, 3.8) is 0 Å². The fraction of sp³-hybridized carbons (Fsp3) is 0.250. The molecule has 0 radical (unpaired) electrons. The third kappa shape index (κ3) is 4.40. The highest BCUT2D eigenvalue weighted by atomic mass is 16.7. The molecule has 9 heteroatoms. The van der Waals surface area contributed by atoms with Crippen LogP contribution in [-0.2, 0) is 4.79 Å². The van der Waals surface area contributed by atoms with Gasteiger partial charge in [-0.25, -0.2) is 0 Å². The van der Waals surface area contributed by atoms with Crippen molar-refractivity contribution in [2.24, 2.45) is 0 Å². The number of nitro benzene ring substituents is 1. The van der Waals surface area contributed by atoms with Gasteiger partial charge in [0.05, 0.1) is 36.8 Å². The molecule has 1 amide bonds. The van der Waals surface area contributed by atoms with Crippen molar-refractivity contribution in [2.45, 2.75) is 13.0 Å². The first-order valence-corrected chi connectivity index (χ1v) is 8.71. The Morgan fingerprint density at radius 3 is 2.59 bits per heavy atom. The fourth-order valence-electron chi connectivity index (χ4n) is 2.92. The zero-order valence-electron chi connectivity index (χ0n) is 16.1. The molecular formula is C20H20N2O7. The van der Waals surface area contributed by atoms with Crippen LogP contribution in [0.25, 0.3) is 6.08 Å². The van der Waals surface area contributed by atoms with Crippen molar-refractivity contribution < 1.29 is 28.7 Å². The molecule has 0 aliphatic carbocycles. The van der Waals surface area contributed by atoms with Crippen LogP contribution >= 0.6 is 0 Å². The van der Waals surface area contributed by atoms with Gasteiger partial charge in [-0.1, -0.05) is 0 Å². The van der Waals surface area contributed by atoms with Crippen LogP contribution in [0.5, 0.6) is 23.0 Å². The van der Waals surface area contributed by atoms with Gasteiger partial charge in [-0.2, -0.15) is 0 Å². The lowest BCUT2D eigenvalue weighted by Crippen LogP contribution is -2.25. The van der Waals surface area contributed by atoms with Crippen molar-refractivity contribution >= 4 is 17.7 Å². The Bertz CT molecular complexity index is 972. The van der Waals surface area contributed by atoms with Crippen LogP contribution in [0.1, 0.15) is 24.1 Å². The van der Waals surface area contributed by atoms with E-state index in [1.807, 2.05) is 0 Å². The number of rotatable bonds is 7. The zero-order valence-corrected chi connectivity index (χ0v) is 16.1. The summed E-state index contributed by atoms with van der Waals surface area (Å²) in [5, 5.41) is 14.1. The van der Waals surface area contributed by atoms with E-state index in [9.17, 15) is 14.9 Å². The molecule has 0 saturated carbocycles. The minimum atomic E-state index is -0.538. The molecule has 0 bridgehead atoms. The summed E-state index contributed by atoms with van der Waals surface area (Å²) >= 11 is 0. The molecule has 29 heavy (non-hydrogen) atoms. The maximum Gasteiger partial charge on any atom is 0.280 e. The molecule has 0 unspecified atom stereocenters. The second-order valence-corrected chi connectivity index (χ2v) is 6.19. The number of fused-ring (bicyclic) bond motifs is 1. The van der Waals surface area contributed by atoms with Gasteiger partial charge in [0.2, 0.25) is 12.7 Å². The van der Waals surface area contributed by atoms with Crippen molar-refractivity contribution in [3.8, 4) is 23.0 Å². The number of nitrogens with one attached hydrogen (secondary N) is 1. The number of benzene rings is 2. The number of nitrogens with zero attached hydrogens (tertiary/aromatic N) is 1. The Labute approximate surface area is 167 Å². The van der Waals surface area contributed by atoms with Crippen LogP contribution in [-0.4, -0.2) is 31.8 Å². The Kier molecular flexibility index (Phi) is 5.87. The molecular weight excluding hydrogens is 380 g/mol. The predicted octanol–water partition coefficient (Wildman–Crippen LogP) is 3.23. The van der Waals surface area contributed by atoms with Gasteiger partial charge >= 0.3 is 0 Å². The van der Waals surface area contributed by atoms with E-state index in [0.29, 0.717) is 23.0 Å². The van der Waals surface area contributed by atoms with E-state index >= 15 is 0 Å². The summed E-state index contributed by atoms with van der Waals surface area (Å²) in [6.45, 7) is 1.80. The molecule has 2 aromatic rings. The van der Waals surface area contributed by atoms with Gasteiger partial charge < -0.3 is 24.3 Å². The molecule has 152 valence electrons. The third-order valence-corrected chi connectivity index (χ3v) is 4.39.